The molecule has 13 heavy (non-hydrogen) atoms. The van der Waals surface area contributed by atoms with Gasteiger partial charge in [-0.2, -0.15) is 0 Å². The third kappa shape index (κ3) is 4.38. The number of carbonyl (C=O) groups excluding carboxylic acids is 1. The van der Waals surface area contributed by atoms with E-state index in [2.05, 4.69) is 10.6 Å². The Morgan fingerprint density at radius 3 is 3.00 bits per heavy atom. The van der Waals surface area contributed by atoms with E-state index in [-0.39, 0.29) is 11.7 Å². The maximum Gasteiger partial charge on any atom is 0.232 e. The molecule has 76 valence electrons. The highest BCUT2D eigenvalue weighted by Gasteiger charge is 2.15. The van der Waals surface area contributed by atoms with Crippen molar-refractivity contribution in [1.29, 1.82) is 0 Å². The Bertz CT molecular complexity index is 202. The highest BCUT2D eigenvalue weighted by Crippen LogP contribution is 2.04. The van der Waals surface area contributed by atoms with Gasteiger partial charge in [-0.05, 0) is 25.4 Å². The minimum atomic E-state index is -1.03. The Hall–Kier alpha value is -0.420. The van der Waals surface area contributed by atoms with Crippen molar-refractivity contribution in [2.75, 3.05) is 31.6 Å². The summed E-state index contributed by atoms with van der Waals surface area (Å²) in [5.41, 5.74) is 0. The molecule has 1 heterocycles. The highest BCUT2D eigenvalue weighted by molar-refractivity contribution is 7.85. The molecule has 1 rings (SSSR count). The number of nitrogens with one attached hydrogen (secondary N) is 2. The zero-order valence-corrected chi connectivity index (χ0v) is 8.65. The Balaban J connectivity index is 2.10. The van der Waals surface area contributed by atoms with Gasteiger partial charge in [0.1, 0.15) is 5.75 Å². The Kier molecular flexibility index (Phi) is 4.38. The van der Waals surface area contributed by atoms with Gasteiger partial charge >= 0.3 is 0 Å². The first-order valence-corrected chi connectivity index (χ1v) is 6.18. The summed E-state index contributed by atoms with van der Waals surface area (Å²) in [6.45, 7) is 2.73. The van der Waals surface area contributed by atoms with Crippen LogP contribution in [0.1, 0.15) is 6.42 Å². The summed E-state index contributed by atoms with van der Waals surface area (Å²) in [6.07, 6.45) is 2.66. The molecule has 1 aliphatic heterocycles. The van der Waals surface area contributed by atoms with Crippen LogP contribution in [-0.4, -0.2) is 41.8 Å². The molecule has 1 amide bonds. The fraction of sp³-hybridized carbons (Fsp3) is 0.875. The molecule has 0 saturated carbocycles. The smallest absolute Gasteiger partial charge is 0.232 e. The van der Waals surface area contributed by atoms with Gasteiger partial charge in [0.15, 0.2) is 0 Å². The number of amides is 1. The molecular formula is C8H16N2O2S. The van der Waals surface area contributed by atoms with Crippen LogP contribution in [0.15, 0.2) is 0 Å². The molecule has 2 N–H and O–H groups in total. The van der Waals surface area contributed by atoms with Crippen LogP contribution in [0.4, 0.5) is 0 Å². The second kappa shape index (κ2) is 5.34. The van der Waals surface area contributed by atoms with Crippen LogP contribution in [-0.2, 0) is 15.6 Å². The SMILES string of the molecule is CS(=O)CC(=O)NCC1CCNC1. The Morgan fingerprint density at radius 2 is 2.46 bits per heavy atom. The van der Waals surface area contributed by atoms with E-state index in [9.17, 15) is 9.00 Å². The molecule has 1 fully saturated rings. The summed E-state index contributed by atoms with van der Waals surface area (Å²) in [7, 11) is -1.03. The predicted molar refractivity (Wildman–Crippen MR) is 52.9 cm³/mol. The van der Waals surface area contributed by atoms with E-state index < -0.39 is 10.8 Å². The first kappa shape index (κ1) is 10.7. The first-order chi connectivity index (χ1) is 6.18. The monoisotopic (exact) mass is 204 g/mol. The van der Waals surface area contributed by atoms with Gasteiger partial charge in [0.2, 0.25) is 5.91 Å². The summed E-state index contributed by atoms with van der Waals surface area (Å²) >= 11 is 0. The van der Waals surface area contributed by atoms with Crippen molar-refractivity contribution in [3.63, 3.8) is 0 Å². The van der Waals surface area contributed by atoms with E-state index in [0.717, 1.165) is 19.5 Å². The van der Waals surface area contributed by atoms with E-state index in [4.69, 9.17) is 0 Å². The molecule has 2 atom stereocenters. The van der Waals surface area contributed by atoms with E-state index in [1.807, 2.05) is 0 Å². The normalized spacial score (nSPS) is 24.2. The van der Waals surface area contributed by atoms with Gasteiger partial charge in [-0.15, -0.1) is 0 Å². The average Bonchev–Trinajstić information content (AvgIpc) is 2.51. The van der Waals surface area contributed by atoms with Gasteiger partial charge < -0.3 is 10.6 Å². The number of carbonyl (C=O) groups is 1. The molecule has 4 nitrogen and oxygen atoms in total. The van der Waals surface area contributed by atoms with Crippen LogP contribution in [0, 0.1) is 5.92 Å². The topological polar surface area (TPSA) is 58.2 Å². The number of rotatable bonds is 4. The lowest BCUT2D eigenvalue weighted by atomic mass is 10.1. The molecule has 0 aromatic carbocycles. The van der Waals surface area contributed by atoms with E-state index in [0.29, 0.717) is 12.5 Å². The molecule has 0 radical (unpaired) electrons. The molecule has 5 heteroatoms. The standard InChI is InChI=1S/C8H16N2O2S/c1-13(12)6-8(11)10-5-7-2-3-9-4-7/h7,9H,2-6H2,1H3,(H,10,11). The minimum absolute atomic E-state index is 0.104. The number of hydrogen-bond acceptors (Lipinski definition) is 3. The third-order valence-electron chi connectivity index (χ3n) is 2.08. The zero-order chi connectivity index (χ0) is 9.68. The largest absolute Gasteiger partial charge is 0.355 e. The van der Waals surface area contributed by atoms with Gasteiger partial charge in [0.05, 0.1) is 0 Å². The molecule has 0 aromatic rings. The molecule has 0 aromatic heterocycles. The van der Waals surface area contributed by atoms with Gasteiger partial charge in [0.25, 0.3) is 0 Å². The minimum Gasteiger partial charge on any atom is -0.355 e. The maximum absolute atomic E-state index is 11.1. The lowest BCUT2D eigenvalue weighted by Crippen LogP contribution is -2.33. The van der Waals surface area contributed by atoms with Crippen molar-refractivity contribution in [1.82, 2.24) is 10.6 Å². The van der Waals surface area contributed by atoms with Crippen LogP contribution >= 0.6 is 0 Å². The summed E-state index contributed by atoms with van der Waals surface area (Å²) in [6, 6.07) is 0. The highest BCUT2D eigenvalue weighted by atomic mass is 32.2. The zero-order valence-electron chi connectivity index (χ0n) is 7.84. The van der Waals surface area contributed by atoms with Crippen LogP contribution in [0.5, 0.6) is 0 Å². The second-order valence-corrected chi connectivity index (χ2v) is 4.82. The van der Waals surface area contributed by atoms with Crippen molar-refractivity contribution in [3.05, 3.63) is 0 Å². The van der Waals surface area contributed by atoms with E-state index in [1.54, 1.807) is 0 Å². The van der Waals surface area contributed by atoms with Gasteiger partial charge in [-0.25, -0.2) is 0 Å². The second-order valence-electron chi connectivity index (χ2n) is 3.38. The van der Waals surface area contributed by atoms with Crippen LogP contribution in [0.25, 0.3) is 0 Å². The molecule has 1 aliphatic rings. The Morgan fingerprint density at radius 1 is 1.69 bits per heavy atom. The van der Waals surface area contributed by atoms with Crippen LogP contribution in [0.3, 0.4) is 0 Å². The fourth-order valence-electron chi connectivity index (χ4n) is 1.38. The maximum atomic E-state index is 11.1. The average molecular weight is 204 g/mol. The predicted octanol–water partition coefficient (Wildman–Crippen LogP) is -0.909. The van der Waals surface area contributed by atoms with Crippen molar-refractivity contribution in [2.24, 2.45) is 5.92 Å². The molecule has 0 bridgehead atoms. The molecule has 0 spiro atoms. The molecular weight excluding hydrogens is 188 g/mol. The summed E-state index contributed by atoms with van der Waals surface area (Å²) in [4.78, 5) is 11.1. The van der Waals surface area contributed by atoms with Crippen molar-refractivity contribution >= 4 is 16.7 Å². The van der Waals surface area contributed by atoms with Crippen molar-refractivity contribution < 1.29 is 9.00 Å². The molecule has 0 aliphatic carbocycles. The lowest BCUT2D eigenvalue weighted by molar-refractivity contribution is -0.118. The van der Waals surface area contributed by atoms with Crippen LogP contribution in [0.2, 0.25) is 0 Å². The first-order valence-electron chi connectivity index (χ1n) is 4.46. The van der Waals surface area contributed by atoms with Crippen molar-refractivity contribution in [2.45, 2.75) is 6.42 Å². The summed E-state index contributed by atoms with van der Waals surface area (Å²) in [5.74, 6) is 0.571. The van der Waals surface area contributed by atoms with E-state index in [1.165, 1.54) is 6.26 Å². The fourth-order valence-corrected chi connectivity index (χ4v) is 1.85. The summed E-state index contributed by atoms with van der Waals surface area (Å²) in [5, 5.41) is 6.01. The number of hydrogen-bond donors (Lipinski definition) is 2. The van der Waals surface area contributed by atoms with Crippen LogP contribution < -0.4 is 10.6 Å². The lowest BCUT2D eigenvalue weighted by Gasteiger charge is -2.08. The van der Waals surface area contributed by atoms with Gasteiger partial charge in [-0.1, -0.05) is 0 Å². The molecule has 1 saturated heterocycles. The summed E-state index contributed by atoms with van der Waals surface area (Å²) < 4.78 is 10.7. The van der Waals surface area contributed by atoms with E-state index >= 15 is 0 Å². The quantitative estimate of drug-likeness (QED) is 0.623. The third-order valence-corrected chi connectivity index (χ3v) is 2.75. The molecule has 2 unspecified atom stereocenters. The Labute approximate surface area is 80.9 Å². The van der Waals surface area contributed by atoms with Gasteiger partial charge in [-0.3, -0.25) is 9.00 Å². The van der Waals surface area contributed by atoms with Gasteiger partial charge in [0, 0.05) is 23.6 Å². The van der Waals surface area contributed by atoms with Crippen molar-refractivity contribution in [3.8, 4) is 0 Å².